The molecule has 1 aliphatic heterocycles. The van der Waals surface area contributed by atoms with Crippen molar-refractivity contribution in [1.82, 2.24) is 15.2 Å². The van der Waals surface area contributed by atoms with E-state index in [1.807, 2.05) is 12.1 Å². The highest BCUT2D eigenvalue weighted by Gasteiger charge is 2.26. The van der Waals surface area contributed by atoms with E-state index < -0.39 is 0 Å². The molecule has 1 fully saturated rings. The molecule has 0 bridgehead atoms. The molecule has 1 amide bonds. The number of pyridine rings is 1. The smallest absolute Gasteiger partial charge is 0.237 e. The Balaban J connectivity index is 1.62. The van der Waals surface area contributed by atoms with Crippen LogP contribution in [0.1, 0.15) is 32.6 Å². The molecular weight excluding hydrogens is 266 g/mol. The molecule has 1 aliphatic rings. The fourth-order valence-corrected chi connectivity index (χ4v) is 2.69. The second kappa shape index (κ2) is 8.62. The molecule has 2 rings (SSSR count). The van der Waals surface area contributed by atoms with Gasteiger partial charge in [0.15, 0.2) is 0 Å². The van der Waals surface area contributed by atoms with Gasteiger partial charge in [0.25, 0.3) is 0 Å². The second-order valence-corrected chi connectivity index (χ2v) is 5.32. The van der Waals surface area contributed by atoms with Crippen LogP contribution >= 0.6 is 0 Å². The third-order valence-corrected chi connectivity index (χ3v) is 3.85. The monoisotopic (exact) mass is 291 g/mol. The van der Waals surface area contributed by atoms with E-state index in [1.165, 1.54) is 6.42 Å². The molecule has 1 saturated heterocycles. The molecule has 1 aromatic rings. The summed E-state index contributed by atoms with van der Waals surface area (Å²) in [5, 5.41) is 3.03. The van der Waals surface area contributed by atoms with Crippen molar-refractivity contribution in [3.05, 3.63) is 24.5 Å². The number of nitrogens with zero attached hydrogens (tertiary/aromatic N) is 2. The molecule has 5 heteroatoms. The van der Waals surface area contributed by atoms with Crippen LogP contribution in [0, 0.1) is 0 Å². The van der Waals surface area contributed by atoms with Gasteiger partial charge in [-0.15, -0.1) is 0 Å². The molecule has 0 unspecified atom stereocenters. The molecule has 5 nitrogen and oxygen atoms in total. The average molecular weight is 291 g/mol. The maximum absolute atomic E-state index is 12.2. The van der Waals surface area contributed by atoms with Gasteiger partial charge >= 0.3 is 0 Å². The minimum Gasteiger partial charge on any atom is -0.492 e. The Morgan fingerprint density at radius 3 is 3.19 bits per heavy atom. The van der Waals surface area contributed by atoms with Gasteiger partial charge < -0.3 is 10.1 Å². The van der Waals surface area contributed by atoms with Crippen LogP contribution in [-0.2, 0) is 4.79 Å². The van der Waals surface area contributed by atoms with Crippen LogP contribution in [0.15, 0.2) is 24.5 Å². The van der Waals surface area contributed by atoms with Gasteiger partial charge in [0.1, 0.15) is 5.75 Å². The van der Waals surface area contributed by atoms with Crippen LogP contribution in [-0.4, -0.2) is 48.1 Å². The Hall–Kier alpha value is -1.62. The number of aromatic nitrogens is 1. The maximum Gasteiger partial charge on any atom is 0.237 e. The molecule has 2 heterocycles. The van der Waals surface area contributed by atoms with Crippen molar-refractivity contribution < 1.29 is 9.53 Å². The topological polar surface area (TPSA) is 54.5 Å². The predicted octanol–water partition coefficient (Wildman–Crippen LogP) is 1.84. The first-order chi connectivity index (χ1) is 10.3. The maximum atomic E-state index is 12.2. The van der Waals surface area contributed by atoms with Crippen molar-refractivity contribution in [3.63, 3.8) is 0 Å². The second-order valence-electron chi connectivity index (χ2n) is 5.32. The zero-order valence-corrected chi connectivity index (χ0v) is 12.8. The molecule has 1 atom stereocenters. The Morgan fingerprint density at radius 2 is 2.43 bits per heavy atom. The lowest BCUT2D eigenvalue weighted by Gasteiger charge is -2.33. The largest absolute Gasteiger partial charge is 0.492 e. The number of carbonyl (C=O) groups is 1. The van der Waals surface area contributed by atoms with Crippen molar-refractivity contribution in [1.29, 1.82) is 0 Å². The molecule has 116 valence electrons. The lowest BCUT2D eigenvalue weighted by molar-refractivity contribution is -0.127. The highest BCUT2D eigenvalue weighted by atomic mass is 16.5. The highest BCUT2D eigenvalue weighted by molar-refractivity contribution is 5.81. The Bertz CT molecular complexity index is 425. The fourth-order valence-electron chi connectivity index (χ4n) is 2.69. The summed E-state index contributed by atoms with van der Waals surface area (Å²) in [6.07, 6.45) is 7.55. The van der Waals surface area contributed by atoms with E-state index in [1.54, 1.807) is 12.4 Å². The van der Waals surface area contributed by atoms with Gasteiger partial charge in [-0.3, -0.25) is 14.7 Å². The molecule has 0 saturated carbocycles. The number of hydrogen-bond acceptors (Lipinski definition) is 4. The molecule has 1 aromatic heterocycles. The van der Waals surface area contributed by atoms with Crippen LogP contribution in [0.4, 0.5) is 0 Å². The number of hydrogen-bond donors (Lipinski definition) is 1. The van der Waals surface area contributed by atoms with Crippen molar-refractivity contribution in [2.24, 2.45) is 0 Å². The number of likely N-dealkylation sites (N-methyl/N-ethyl adjacent to an activating group) is 1. The van der Waals surface area contributed by atoms with E-state index >= 15 is 0 Å². The van der Waals surface area contributed by atoms with Gasteiger partial charge in [-0.25, -0.2) is 0 Å². The van der Waals surface area contributed by atoms with Gasteiger partial charge in [0, 0.05) is 12.7 Å². The van der Waals surface area contributed by atoms with Crippen LogP contribution in [0.2, 0.25) is 0 Å². The average Bonchev–Trinajstić information content (AvgIpc) is 2.55. The normalized spacial score (nSPS) is 19.2. The molecule has 0 aromatic carbocycles. The third kappa shape index (κ3) is 5.01. The van der Waals surface area contributed by atoms with Crippen molar-refractivity contribution in [3.8, 4) is 5.75 Å². The van der Waals surface area contributed by atoms with E-state index in [9.17, 15) is 4.79 Å². The van der Waals surface area contributed by atoms with Crippen LogP contribution in [0.3, 0.4) is 0 Å². The van der Waals surface area contributed by atoms with Gasteiger partial charge in [-0.1, -0.05) is 13.3 Å². The molecule has 0 aliphatic carbocycles. The number of nitrogens with one attached hydrogen (secondary N) is 1. The molecular formula is C16H25N3O2. The predicted molar refractivity (Wildman–Crippen MR) is 82.2 cm³/mol. The van der Waals surface area contributed by atoms with Gasteiger partial charge in [0.05, 0.1) is 18.8 Å². The van der Waals surface area contributed by atoms with Gasteiger partial charge in [-0.2, -0.15) is 0 Å². The Kier molecular flexibility index (Phi) is 6.47. The number of amides is 1. The first kappa shape index (κ1) is 15.8. The van der Waals surface area contributed by atoms with E-state index in [2.05, 4.69) is 22.1 Å². The summed E-state index contributed by atoms with van der Waals surface area (Å²) >= 11 is 0. The lowest BCUT2D eigenvalue weighted by Crippen LogP contribution is -2.49. The lowest BCUT2D eigenvalue weighted by atomic mass is 10.0. The Morgan fingerprint density at radius 1 is 1.52 bits per heavy atom. The van der Waals surface area contributed by atoms with Gasteiger partial charge in [-0.05, 0) is 44.5 Å². The Labute approximate surface area is 126 Å². The fraction of sp³-hybridized carbons (Fsp3) is 0.625. The number of carbonyl (C=O) groups excluding carboxylic acids is 1. The summed E-state index contributed by atoms with van der Waals surface area (Å²) in [5.74, 6) is 0.936. The highest BCUT2D eigenvalue weighted by Crippen LogP contribution is 2.16. The number of likely N-dealkylation sites (tertiary alicyclic amines) is 1. The third-order valence-electron chi connectivity index (χ3n) is 3.85. The van der Waals surface area contributed by atoms with Crippen LogP contribution in [0.25, 0.3) is 0 Å². The van der Waals surface area contributed by atoms with E-state index in [-0.39, 0.29) is 11.9 Å². The van der Waals surface area contributed by atoms with Crippen LogP contribution < -0.4 is 10.1 Å². The summed E-state index contributed by atoms with van der Waals surface area (Å²) in [4.78, 5) is 18.5. The quantitative estimate of drug-likeness (QED) is 0.779. The van der Waals surface area contributed by atoms with Crippen molar-refractivity contribution >= 4 is 5.91 Å². The van der Waals surface area contributed by atoms with E-state index in [0.717, 1.165) is 38.1 Å². The molecule has 0 spiro atoms. The summed E-state index contributed by atoms with van der Waals surface area (Å²) in [6, 6.07) is 3.79. The minimum absolute atomic E-state index is 0.0583. The molecule has 21 heavy (non-hydrogen) atoms. The number of piperidine rings is 1. The summed E-state index contributed by atoms with van der Waals surface area (Å²) in [6.45, 7) is 5.36. The SMILES string of the molecule is CCN1CCCC[C@@H]1C(=O)NCCCOc1cccnc1. The summed E-state index contributed by atoms with van der Waals surface area (Å²) < 4.78 is 5.55. The number of rotatable bonds is 7. The summed E-state index contributed by atoms with van der Waals surface area (Å²) in [7, 11) is 0. The summed E-state index contributed by atoms with van der Waals surface area (Å²) in [5.41, 5.74) is 0. The van der Waals surface area contributed by atoms with Crippen molar-refractivity contribution in [2.45, 2.75) is 38.6 Å². The van der Waals surface area contributed by atoms with E-state index in [0.29, 0.717) is 13.2 Å². The van der Waals surface area contributed by atoms with Crippen molar-refractivity contribution in [2.75, 3.05) is 26.2 Å². The number of ether oxygens (including phenoxy) is 1. The zero-order chi connectivity index (χ0) is 14.9. The molecule has 0 radical (unpaired) electrons. The molecule has 1 N–H and O–H groups in total. The zero-order valence-electron chi connectivity index (χ0n) is 12.8. The minimum atomic E-state index is 0.0583. The van der Waals surface area contributed by atoms with Gasteiger partial charge in [0.2, 0.25) is 5.91 Å². The first-order valence-electron chi connectivity index (χ1n) is 7.86. The van der Waals surface area contributed by atoms with E-state index in [4.69, 9.17) is 4.74 Å². The first-order valence-corrected chi connectivity index (χ1v) is 7.86. The standard InChI is InChI=1S/C16H25N3O2/c1-2-19-11-4-3-8-15(19)16(20)18-10-6-12-21-14-7-5-9-17-13-14/h5,7,9,13,15H,2-4,6,8,10-12H2,1H3,(H,18,20)/t15-/m1/s1. The van der Waals surface area contributed by atoms with Crippen LogP contribution in [0.5, 0.6) is 5.75 Å².